The van der Waals surface area contributed by atoms with Gasteiger partial charge in [0.2, 0.25) is 17.7 Å². The van der Waals surface area contributed by atoms with Gasteiger partial charge in [-0.2, -0.15) is 0 Å². The van der Waals surface area contributed by atoms with Crippen molar-refractivity contribution in [2.24, 2.45) is 11.5 Å². The van der Waals surface area contributed by atoms with E-state index in [0.717, 1.165) is 37.4 Å². The highest BCUT2D eigenvalue weighted by atomic mass is 32.2. The lowest BCUT2D eigenvalue weighted by molar-refractivity contribution is -0.142. The van der Waals surface area contributed by atoms with Crippen LogP contribution in [0.5, 0.6) is 0 Å². The normalized spacial score (nSPS) is 19.7. The number of hydrogen-bond acceptors (Lipinski definition) is 8. The fourth-order valence-electron chi connectivity index (χ4n) is 6.03. The van der Waals surface area contributed by atoms with Crippen LogP contribution in [0, 0.1) is 0 Å². The molecule has 5 rings (SSSR count). The van der Waals surface area contributed by atoms with Crippen molar-refractivity contribution in [2.45, 2.75) is 79.5 Å². The minimum Gasteiger partial charge on any atom is -0.361 e. The number of amides is 3. The van der Waals surface area contributed by atoms with Crippen molar-refractivity contribution >= 4 is 40.4 Å². The molecule has 0 spiro atoms. The number of H-pyrrole nitrogens is 1. The highest BCUT2D eigenvalue weighted by Gasteiger charge is 2.34. The van der Waals surface area contributed by atoms with E-state index in [-0.39, 0.29) is 30.7 Å². The van der Waals surface area contributed by atoms with E-state index in [4.69, 9.17) is 11.5 Å². The van der Waals surface area contributed by atoms with Crippen LogP contribution in [0.15, 0.2) is 83.0 Å². The molecule has 8 N–H and O–H groups in total. The molecule has 3 heterocycles. The maximum absolute atomic E-state index is 14.3. The quantitative estimate of drug-likeness (QED) is 0.147. The molecule has 4 aromatic rings. The standard InChI is InChI=1S/C36H46N8O3S/c1-44-31(19-26-22-40-28-11-4-3-10-27(26)28)35(46)42-21-25-15-18-39-23-33(25)48-32-14-5-2-9-24(32)20-41-29(13-8-17-38)34(45)43-30(36(44)47)12-6-7-16-37/h2-5,9-11,14-15,18,22-23,29-31,40-41H,6-8,12-13,16-17,19-21,37-38H2,1H3,(H,42,46)(H,43,45)/t29-,30-,31-/m0/s1. The second kappa shape index (κ2) is 17.3. The van der Waals surface area contributed by atoms with Crippen molar-refractivity contribution in [1.82, 2.24) is 30.8 Å². The van der Waals surface area contributed by atoms with Gasteiger partial charge in [-0.05, 0) is 80.1 Å². The number of aromatic nitrogens is 2. The molecule has 3 amide bonds. The van der Waals surface area contributed by atoms with Crippen LogP contribution >= 0.6 is 11.8 Å². The van der Waals surface area contributed by atoms with Gasteiger partial charge >= 0.3 is 0 Å². The Bertz CT molecular complexity index is 1690. The lowest BCUT2D eigenvalue weighted by Gasteiger charge is -2.32. The largest absolute Gasteiger partial charge is 0.361 e. The van der Waals surface area contributed by atoms with Gasteiger partial charge in [-0.3, -0.25) is 19.4 Å². The van der Waals surface area contributed by atoms with Gasteiger partial charge in [0.25, 0.3) is 0 Å². The van der Waals surface area contributed by atoms with Crippen LogP contribution in [0.1, 0.15) is 48.8 Å². The first kappa shape index (κ1) is 35.1. The summed E-state index contributed by atoms with van der Waals surface area (Å²) in [6, 6.07) is 15.6. The third kappa shape index (κ3) is 8.81. The molecule has 12 heteroatoms. The van der Waals surface area contributed by atoms with E-state index < -0.39 is 18.1 Å². The maximum atomic E-state index is 14.3. The van der Waals surface area contributed by atoms with E-state index >= 15 is 0 Å². The Morgan fingerprint density at radius 2 is 1.60 bits per heavy atom. The number of carbonyl (C=O) groups excluding carboxylic acids is 3. The summed E-state index contributed by atoms with van der Waals surface area (Å²) in [6.07, 6.45) is 8.59. The third-order valence-corrected chi connectivity index (χ3v) is 10.0. The molecule has 2 aromatic carbocycles. The molecule has 0 saturated carbocycles. The van der Waals surface area contributed by atoms with Gasteiger partial charge in [0.05, 0.1) is 6.04 Å². The van der Waals surface area contributed by atoms with Gasteiger partial charge in [0.15, 0.2) is 0 Å². The summed E-state index contributed by atoms with van der Waals surface area (Å²) < 4.78 is 0. The maximum Gasteiger partial charge on any atom is 0.245 e. The van der Waals surface area contributed by atoms with Crippen molar-refractivity contribution in [3.63, 3.8) is 0 Å². The summed E-state index contributed by atoms with van der Waals surface area (Å²) in [5.41, 5.74) is 15.4. The summed E-state index contributed by atoms with van der Waals surface area (Å²) in [6.45, 7) is 1.62. The minimum atomic E-state index is -0.842. The average molecular weight is 671 g/mol. The minimum absolute atomic E-state index is 0.258. The molecular formula is C36H46N8O3S. The first-order valence-corrected chi connectivity index (χ1v) is 17.4. The number of hydrogen-bond donors (Lipinski definition) is 6. The fourth-order valence-corrected chi connectivity index (χ4v) is 7.07. The van der Waals surface area contributed by atoms with Gasteiger partial charge in [-0.1, -0.05) is 48.2 Å². The number of nitrogens with one attached hydrogen (secondary N) is 4. The van der Waals surface area contributed by atoms with E-state index in [2.05, 4.69) is 25.9 Å². The van der Waals surface area contributed by atoms with E-state index in [9.17, 15) is 14.4 Å². The number of benzene rings is 2. The number of rotatable bonds is 9. The van der Waals surface area contributed by atoms with Crippen LogP contribution in [-0.4, -0.2) is 70.9 Å². The first-order chi connectivity index (χ1) is 23.4. The zero-order valence-corrected chi connectivity index (χ0v) is 28.2. The first-order valence-electron chi connectivity index (χ1n) is 16.6. The fraction of sp³-hybridized carbons (Fsp3) is 0.389. The van der Waals surface area contributed by atoms with E-state index in [0.29, 0.717) is 51.7 Å². The number of nitrogens with zero attached hydrogens (tertiary/aromatic N) is 2. The van der Waals surface area contributed by atoms with Gasteiger partial charge in [-0.15, -0.1) is 0 Å². The van der Waals surface area contributed by atoms with Crippen LogP contribution < -0.4 is 27.4 Å². The van der Waals surface area contributed by atoms with Crippen molar-refractivity contribution in [2.75, 3.05) is 20.1 Å². The van der Waals surface area contributed by atoms with E-state index in [1.807, 2.05) is 60.8 Å². The Labute approximate surface area is 286 Å². The molecule has 1 aliphatic heterocycles. The predicted molar refractivity (Wildman–Crippen MR) is 189 cm³/mol. The SMILES string of the molecule is CN1C(=O)[C@H](CCCCN)NC(=O)[C@H](CCCN)NCc2ccccc2Sc2cnccc2CNC(=O)[C@@H]1Cc1c[nH]c2ccccc12. The summed E-state index contributed by atoms with van der Waals surface area (Å²) in [7, 11) is 1.65. The molecule has 1 aliphatic rings. The lowest BCUT2D eigenvalue weighted by Crippen LogP contribution is -2.57. The molecule has 0 radical (unpaired) electrons. The number of para-hydroxylation sites is 1. The number of unbranched alkanes of at least 4 members (excludes halogenated alkanes) is 1. The summed E-state index contributed by atoms with van der Waals surface area (Å²) >= 11 is 1.57. The Morgan fingerprint density at radius 1 is 0.854 bits per heavy atom. The van der Waals surface area contributed by atoms with Crippen LogP contribution in [-0.2, 0) is 33.9 Å². The molecule has 0 fully saturated rings. The van der Waals surface area contributed by atoms with E-state index in [1.54, 1.807) is 31.2 Å². The van der Waals surface area contributed by atoms with E-state index in [1.165, 1.54) is 4.90 Å². The Hall–Kier alpha value is -4.23. The molecule has 3 atom stereocenters. The summed E-state index contributed by atoms with van der Waals surface area (Å²) in [5.74, 6) is -0.888. The van der Waals surface area contributed by atoms with Crippen molar-refractivity contribution in [1.29, 1.82) is 0 Å². The van der Waals surface area contributed by atoms with Crippen LogP contribution in [0.3, 0.4) is 0 Å². The number of nitrogens with two attached hydrogens (primary N) is 2. The molecule has 254 valence electrons. The zero-order valence-electron chi connectivity index (χ0n) is 27.4. The Morgan fingerprint density at radius 3 is 2.44 bits per heavy atom. The molecule has 0 bridgehead atoms. The van der Waals surface area contributed by atoms with Crippen LogP contribution in [0.4, 0.5) is 0 Å². The number of aromatic amines is 1. The van der Waals surface area contributed by atoms with Gasteiger partial charge in [0, 0.05) is 65.8 Å². The summed E-state index contributed by atoms with van der Waals surface area (Å²) in [4.78, 5) is 53.4. The topological polar surface area (TPSA) is 171 Å². The lowest BCUT2D eigenvalue weighted by atomic mass is 10.0. The molecule has 48 heavy (non-hydrogen) atoms. The van der Waals surface area contributed by atoms with Crippen LogP contribution in [0.2, 0.25) is 0 Å². The number of likely N-dealkylation sites (N-methyl/N-ethyl adjacent to an activating group) is 1. The number of fused-ring (bicyclic) bond motifs is 3. The second-order valence-electron chi connectivity index (χ2n) is 12.1. The Balaban J connectivity index is 1.53. The summed E-state index contributed by atoms with van der Waals surface area (Å²) in [5, 5.41) is 10.6. The molecular weight excluding hydrogens is 625 g/mol. The molecule has 11 nitrogen and oxygen atoms in total. The molecule has 0 saturated heterocycles. The highest BCUT2D eigenvalue weighted by Crippen LogP contribution is 2.32. The number of carbonyl (C=O) groups is 3. The van der Waals surface area contributed by atoms with Crippen molar-refractivity contribution in [3.05, 3.63) is 89.9 Å². The zero-order chi connectivity index (χ0) is 33.9. The number of pyridine rings is 1. The van der Waals surface area contributed by atoms with Crippen LogP contribution in [0.25, 0.3) is 10.9 Å². The van der Waals surface area contributed by atoms with Gasteiger partial charge in [-0.25, -0.2) is 0 Å². The third-order valence-electron chi connectivity index (χ3n) is 8.84. The molecule has 0 unspecified atom stereocenters. The smallest absolute Gasteiger partial charge is 0.245 e. The van der Waals surface area contributed by atoms with Gasteiger partial charge in [0.1, 0.15) is 12.1 Å². The predicted octanol–water partition coefficient (Wildman–Crippen LogP) is 3.22. The van der Waals surface area contributed by atoms with Gasteiger partial charge < -0.3 is 37.3 Å². The Kier molecular flexibility index (Phi) is 12.6. The second-order valence-corrected chi connectivity index (χ2v) is 13.2. The molecule has 2 aromatic heterocycles. The highest BCUT2D eigenvalue weighted by molar-refractivity contribution is 7.99. The molecule has 0 aliphatic carbocycles. The average Bonchev–Trinajstić information content (AvgIpc) is 3.52. The van der Waals surface area contributed by atoms with Crippen molar-refractivity contribution < 1.29 is 14.4 Å². The monoisotopic (exact) mass is 670 g/mol. The van der Waals surface area contributed by atoms with Crippen molar-refractivity contribution in [3.8, 4) is 0 Å².